The first-order chi connectivity index (χ1) is 10.0. The normalized spacial score (nSPS) is 11.2. The number of hydrogen-bond donors (Lipinski definition) is 1. The maximum absolute atomic E-state index is 3.67. The second kappa shape index (κ2) is 7.13. The minimum absolute atomic E-state index is 0.519. The minimum atomic E-state index is 0.519. The van der Waals surface area contributed by atoms with Gasteiger partial charge in [0, 0.05) is 16.7 Å². The van der Waals surface area contributed by atoms with Gasteiger partial charge in [-0.15, -0.1) is 0 Å². The van der Waals surface area contributed by atoms with Crippen molar-refractivity contribution in [2.45, 2.75) is 46.1 Å². The van der Waals surface area contributed by atoms with Gasteiger partial charge in [-0.1, -0.05) is 80.0 Å². The molecule has 2 aromatic rings. The molecular weight excluding hydrogens is 322 g/mol. The Hall–Kier alpha value is -1.28. The predicted molar refractivity (Wildman–Crippen MR) is 96.1 cm³/mol. The van der Waals surface area contributed by atoms with E-state index in [1.54, 1.807) is 0 Å². The lowest BCUT2D eigenvalue weighted by Gasteiger charge is -2.21. The Morgan fingerprint density at radius 2 is 1.43 bits per heavy atom. The molecule has 0 aliphatic heterocycles. The van der Waals surface area contributed by atoms with Gasteiger partial charge < -0.3 is 5.32 Å². The summed E-state index contributed by atoms with van der Waals surface area (Å²) in [4.78, 5) is 0. The first kappa shape index (κ1) is 16.1. The smallest absolute Gasteiger partial charge is 0.0413 e. The molecular formula is C19H24BrN. The van der Waals surface area contributed by atoms with Gasteiger partial charge in [0.05, 0.1) is 0 Å². The molecule has 0 saturated heterocycles. The number of halogens is 1. The maximum atomic E-state index is 3.67. The molecule has 2 rings (SSSR count). The van der Waals surface area contributed by atoms with Crippen molar-refractivity contribution in [3.05, 3.63) is 63.6 Å². The van der Waals surface area contributed by atoms with Crippen LogP contribution in [-0.2, 0) is 6.54 Å². The average molecular weight is 346 g/mol. The summed E-state index contributed by atoms with van der Waals surface area (Å²) in [6.45, 7) is 9.85. The van der Waals surface area contributed by atoms with E-state index in [0.29, 0.717) is 11.8 Å². The summed E-state index contributed by atoms with van der Waals surface area (Å²) in [5.74, 6) is 1.04. The van der Waals surface area contributed by atoms with Crippen LogP contribution in [0.1, 0.15) is 56.2 Å². The third-order valence-corrected chi connectivity index (χ3v) is 4.56. The number of anilines is 1. The molecule has 21 heavy (non-hydrogen) atoms. The summed E-state index contributed by atoms with van der Waals surface area (Å²) in [5.41, 5.74) is 5.38. The predicted octanol–water partition coefficient (Wildman–Crippen LogP) is 6.31. The van der Waals surface area contributed by atoms with E-state index in [0.717, 1.165) is 11.0 Å². The molecule has 112 valence electrons. The Bertz CT molecular complexity index is 576. The molecule has 0 spiro atoms. The van der Waals surface area contributed by atoms with E-state index in [1.165, 1.54) is 22.4 Å². The summed E-state index contributed by atoms with van der Waals surface area (Å²) in [6, 6.07) is 15.0. The zero-order chi connectivity index (χ0) is 15.4. The number of rotatable bonds is 5. The van der Waals surface area contributed by atoms with Crippen LogP contribution in [0.4, 0.5) is 5.69 Å². The fourth-order valence-corrected chi connectivity index (χ4v) is 3.01. The van der Waals surface area contributed by atoms with Crippen LogP contribution in [0.2, 0.25) is 0 Å². The number of nitrogens with one attached hydrogen (secondary N) is 1. The van der Waals surface area contributed by atoms with Crippen molar-refractivity contribution in [1.29, 1.82) is 0 Å². The van der Waals surface area contributed by atoms with Crippen LogP contribution in [0.3, 0.4) is 0 Å². The number of benzene rings is 2. The van der Waals surface area contributed by atoms with E-state index < -0.39 is 0 Å². The lowest BCUT2D eigenvalue weighted by Crippen LogP contribution is -2.08. The Balaban J connectivity index is 2.32. The van der Waals surface area contributed by atoms with Gasteiger partial charge in [0.2, 0.25) is 0 Å². The molecule has 0 amide bonds. The third-order valence-electron chi connectivity index (χ3n) is 3.79. The first-order valence-corrected chi connectivity index (χ1v) is 8.40. The quantitative estimate of drug-likeness (QED) is 0.669. The highest BCUT2D eigenvalue weighted by molar-refractivity contribution is 9.10. The minimum Gasteiger partial charge on any atom is -0.380 e. The summed E-state index contributed by atoms with van der Waals surface area (Å²) in [7, 11) is 0. The van der Waals surface area contributed by atoms with Crippen LogP contribution in [0.25, 0.3) is 0 Å². The number of para-hydroxylation sites is 1. The van der Waals surface area contributed by atoms with E-state index in [2.05, 4.69) is 91.4 Å². The first-order valence-electron chi connectivity index (χ1n) is 7.60. The summed E-state index contributed by atoms with van der Waals surface area (Å²) < 4.78 is 1.16. The van der Waals surface area contributed by atoms with Gasteiger partial charge in [-0.25, -0.2) is 0 Å². The molecule has 0 aliphatic carbocycles. The van der Waals surface area contributed by atoms with Gasteiger partial charge >= 0.3 is 0 Å². The van der Waals surface area contributed by atoms with Crippen LogP contribution >= 0.6 is 15.9 Å². The molecule has 2 aromatic carbocycles. The second-order valence-corrected chi connectivity index (χ2v) is 6.92. The van der Waals surface area contributed by atoms with Crippen LogP contribution in [0, 0.1) is 0 Å². The van der Waals surface area contributed by atoms with Gasteiger partial charge in [0.1, 0.15) is 0 Å². The summed E-state index contributed by atoms with van der Waals surface area (Å²) >= 11 is 3.62. The number of hydrogen-bond acceptors (Lipinski definition) is 1. The molecule has 0 unspecified atom stereocenters. The highest BCUT2D eigenvalue weighted by Crippen LogP contribution is 2.33. The van der Waals surface area contributed by atoms with E-state index in [9.17, 15) is 0 Å². The van der Waals surface area contributed by atoms with Crippen molar-refractivity contribution in [1.82, 2.24) is 0 Å². The topological polar surface area (TPSA) is 12.0 Å². The van der Waals surface area contributed by atoms with Gasteiger partial charge in [0.15, 0.2) is 0 Å². The largest absolute Gasteiger partial charge is 0.380 e. The summed E-state index contributed by atoms with van der Waals surface area (Å²) in [5, 5.41) is 3.67. The van der Waals surface area contributed by atoms with Crippen LogP contribution in [0.15, 0.2) is 46.9 Å². The van der Waals surface area contributed by atoms with Crippen molar-refractivity contribution < 1.29 is 0 Å². The van der Waals surface area contributed by atoms with E-state index in [-0.39, 0.29) is 0 Å². The van der Waals surface area contributed by atoms with E-state index >= 15 is 0 Å². The fourth-order valence-electron chi connectivity index (χ4n) is 2.58. The highest BCUT2D eigenvalue weighted by atomic mass is 79.9. The fraction of sp³-hybridized carbons (Fsp3) is 0.368. The Morgan fingerprint density at radius 1 is 0.857 bits per heavy atom. The molecule has 2 heteroatoms. The van der Waals surface area contributed by atoms with Crippen molar-refractivity contribution in [2.75, 3.05) is 5.32 Å². The molecule has 0 aliphatic rings. The zero-order valence-electron chi connectivity index (χ0n) is 13.3. The Morgan fingerprint density at radius 3 is 1.95 bits per heavy atom. The van der Waals surface area contributed by atoms with Crippen molar-refractivity contribution in [2.24, 2.45) is 0 Å². The lowest BCUT2D eigenvalue weighted by molar-refractivity contribution is 0.832. The van der Waals surface area contributed by atoms with Crippen molar-refractivity contribution in [3.8, 4) is 0 Å². The lowest BCUT2D eigenvalue weighted by atomic mass is 9.92. The van der Waals surface area contributed by atoms with Crippen LogP contribution in [0.5, 0.6) is 0 Å². The van der Waals surface area contributed by atoms with Crippen molar-refractivity contribution >= 4 is 21.6 Å². The van der Waals surface area contributed by atoms with Gasteiger partial charge in [0.25, 0.3) is 0 Å². The monoisotopic (exact) mass is 345 g/mol. The highest BCUT2D eigenvalue weighted by Gasteiger charge is 2.13. The SMILES string of the molecule is CC(C)c1cccc(C(C)C)c1NCc1ccccc1Br. The van der Waals surface area contributed by atoms with Gasteiger partial charge in [-0.05, 0) is 34.6 Å². The second-order valence-electron chi connectivity index (χ2n) is 6.07. The molecule has 0 heterocycles. The molecule has 0 atom stereocenters. The van der Waals surface area contributed by atoms with Crippen LogP contribution < -0.4 is 5.32 Å². The molecule has 0 saturated carbocycles. The van der Waals surface area contributed by atoms with Crippen molar-refractivity contribution in [3.63, 3.8) is 0 Å². The third kappa shape index (κ3) is 3.88. The Labute approximate surface area is 136 Å². The van der Waals surface area contributed by atoms with Gasteiger partial charge in [-0.3, -0.25) is 0 Å². The van der Waals surface area contributed by atoms with Gasteiger partial charge in [-0.2, -0.15) is 0 Å². The standard InChI is InChI=1S/C19H24BrN/c1-13(2)16-9-7-10-17(14(3)4)19(16)21-12-15-8-5-6-11-18(15)20/h5-11,13-14,21H,12H2,1-4H3. The molecule has 0 aromatic heterocycles. The van der Waals surface area contributed by atoms with Crippen LogP contribution in [-0.4, -0.2) is 0 Å². The molecule has 0 bridgehead atoms. The molecule has 0 radical (unpaired) electrons. The molecule has 0 fully saturated rings. The molecule has 1 nitrogen and oxygen atoms in total. The average Bonchev–Trinajstić information content (AvgIpc) is 2.45. The zero-order valence-corrected chi connectivity index (χ0v) is 14.9. The maximum Gasteiger partial charge on any atom is 0.0413 e. The Kier molecular flexibility index (Phi) is 5.46. The molecule has 1 N–H and O–H groups in total. The van der Waals surface area contributed by atoms with E-state index in [4.69, 9.17) is 0 Å². The summed E-state index contributed by atoms with van der Waals surface area (Å²) in [6.07, 6.45) is 0. The van der Waals surface area contributed by atoms with E-state index in [1.807, 2.05) is 0 Å².